The third-order valence-electron chi connectivity index (χ3n) is 2.04. The van der Waals surface area contributed by atoms with E-state index in [4.69, 9.17) is 23.8 Å². The van der Waals surface area contributed by atoms with Gasteiger partial charge in [-0.2, -0.15) is 5.10 Å². The second-order valence-corrected chi connectivity index (χ2v) is 4.19. The van der Waals surface area contributed by atoms with Crippen LogP contribution in [0.4, 0.5) is 0 Å². The Labute approximate surface area is 107 Å². The van der Waals surface area contributed by atoms with Crippen LogP contribution >= 0.6 is 23.8 Å². The van der Waals surface area contributed by atoms with Gasteiger partial charge in [-0.15, -0.1) is 0 Å². The zero-order valence-corrected chi connectivity index (χ0v) is 10.5. The van der Waals surface area contributed by atoms with E-state index >= 15 is 0 Å². The third kappa shape index (κ3) is 2.54. The van der Waals surface area contributed by atoms with Crippen LogP contribution in [0.3, 0.4) is 0 Å². The topological polar surface area (TPSA) is 62.7 Å². The molecule has 0 unspecified atom stereocenters. The molecular formula is C10H9ClN4OS. The summed E-state index contributed by atoms with van der Waals surface area (Å²) in [5.41, 5.74) is 3.38. The number of hydrogen-bond acceptors (Lipinski definition) is 3. The number of nitrogens with one attached hydrogen (secondary N) is 2. The van der Waals surface area contributed by atoms with Gasteiger partial charge in [0.05, 0.1) is 0 Å². The Balaban J connectivity index is 2.48. The second-order valence-electron chi connectivity index (χ2n) is 3.36. The van der Waals surface area contributed by atoms with Crippen LogP contribution < -0.4 is 5.43 Å². The van der Waals surface area contributed by atoms with E-state index < -0.39 is 0 Å². The molecule has 0 atom stereocenters. The minimum atomic E-state index is -0.224. The van der Waals surface area contributed by atoms with E-state index in [2.05, 4.69) is 15.6 Å². The number of aromatic amines is 1. The molecule has 1 amide bonds. The number of rotatable bonds is 2. The van der Waals surface area contributed by atoms with Crippen molar-refractivity contribution in [3.63, 3.8) is 0 Å². The summed E-state index contributed by atoms with van der Waals surface area (Å²) in [7, 11) is 0. The summed E-state index contributed by atoms with van der Waals surface area (Å²) in [5.74, 6) is 0.305. The molecule has 7 heteroatoms. The first-order valence-corrected chi connectivity index (χ1v) is 5.57. The van der Waals surface area contributed by atoms with Crippen molar-refractivity contribution in [2.24, 2.45) is 0 Å². The highest BCUT2D eigenvalue weighted by Crippen LogP contribution is 2.18. The Morgan fingerprint density at radius 3 is 2.71 bits per heavy atom. The standard InChI is InChI=1S/C10H9ClN4OS/c1-6(16)14-15-9(12-13-10(15)17)7-2-4-8(11)5-3-7/h2-5H,1H3,(H,13,17)(H,14,16). The Kier molecular flexibility index (Phi) is 3.26. The first kappa shape index (κ1) is 11.8. The monoisotopic (exact) mass is 268 g/mol. The van der Waals surface area contributed by atoms with Crippen molar-refractivity contribution in [3.8, 4) is 11.4 Å². The summed E-state index contributed by atoms with van der Waals surface area (Å²) in [5, 5.41) is 7.31. The lowest BCUT2D eigenvalue weighted by molar-refractivity contribution is -0.115. The van der Waals surface area contributed by atoms with E-state index in [0.717, 1.165) is 5.56 Å². The van der Waals surface area contributed by atoms with E-state index in [9.17, 15) is 4.79 Å². The predicted molar refractivity (Wildman–Crippen MR) is 67.9 cm³/mol. The molecule has 0 bridgehead atoms. The van der Waals surface area contributed by atoms with E-state index in [-0.39, 0.29) is 5.91 Å². The minimum absolute atomic E-state index is 0.224. The molecule has 88 valence electrons. The summed E-state index contributed by atoms with van der Waals surface area (Å²) < 4.78 is 1.74. The highest BCUT2D eigenvalue weighted by atomic mass is 35.5. The van der Waals surface area contributed by atoms with Gasteiger partial charge in [0.2, 0.25) is 10.7 Å². The van der Waals surface area contributed by atoms with Crippen molar-refractivity contribution in [2.45, 2.75) is 6.92 Å². The fraction of sp³-hybridized carbons (Fsp3) is 0.100. The summed E-state index contributed by atoms with van der Waals surface area (Å²) in [4.78, 5) is 11.1. The molecule has 0 aliphatic rings. The first-order valence-electron chi connectivity index (χ1n) is 4.79. The van der Waals surface area contributed by atoms with Crippen molar-refractivity contribution in [2.75, 3.05) is 5.43 Å². The molecule has 0 radical (unpaired) electrons. The zero-order chi connectivity index (χ0) is 12.4. The van der Waals surface area contributed by atoms with Crippen LogP contribution in [0.2, 0.25) is 5.02 Å². The molecule has 1 aromatic heterocycles. The van der Waals surface area contributed by atoms with Gasteiger partial charge < -0.3 is 0 Å². The average Bonchev–Trinajstić information content (AvgIpc) is 2.61. The summed E-state index contributed by atoms with van der Waals surface area (Å²) >= 11 is 10.8. The van der Waals surface area contributed by atoms with Gasteiger partial charge in [0.15, 0.2) is 5.82 Å². The molecule has 1 aromatic carbocycles. The van der Waals surface area contributed by atoms with Gasteiger partial charge in [0.1, 0.15) is 0 Å². The zero-order valence-electron chi connectivity index (χ0n) is 8.90. The van der Waals surface area contributed by atoms with Gasteiger partial charge in [0, 0.05) is 17.5 Å². The van der Waals surface area contributed by atoms with E-state index in [1.54, 1.807) is 24.3 Å². The molecular weight excluding hydrogens is 260 g/mol. The number of amides is 1. The van der Waals surface area contributed by atoms with Crippen molar-refractivity contribution < 1.29 is 4.79 Å². The summed E-state index contributed by atoms with van der Waals surface area (Å²) in [6.07, 6.45) is 0. The minimum Gasteiger partial charge on any atom is -0.274 e. The molecule has 0 saturated carbocycles. The third-order valence-corrected chi connectivity index (χ3v) is 2.57. The molecule has 2 N–H and O–H groups in total. The van der Waals surface area contributed by atoms with Crippen LogP contribution in [0.15, 0.2) is 24.3 Å². The second kappa shape index (κ2) is 4.68. The molecule has 0 aliphatic carbocycles. The van der Waals surface area contributed by atoms with Gasteiger partial charge in [0.25, 0.3) is 0 Å². The Morgan fingerprint density at radius 2 is 2.12 bits per heavy atom. The van der Waals surface area contributed by atoms with Gasteiger partial charge in [-0.05, 0) is 36.5 Å². The van der Waals surface area contributed by atoms with Crippen LogP contribution in [0.1, 0.15) is 6.92 Å². The largest absolute Gasteiger partial charge is 0.274 e. The predicted octanol–water partition coefficient (Wildman–Crippen LogP) is 2.35. The van der Waals surface area contributed by atoms with Crippen molar-refractivity contribution in [3.05, 3.63) is 34.1 Å². The summed E-state index contributed by atoms with van der Waals surface area (Å²) in [6, 6.07) is 7.08. The van der Waals surface area contributed by atoms with Gasteiger partial charge in [-0.3, -0.25) is 10.2 Å². The molecule has 2 rings (SSSR count). The fourth-order valence-electron chi connectivity index (χ4n) is 1.35. The molecule has 0 aliphatic heterocycles. The number of halogens is 1. The molecule has 17 heavy (non-hydrogen) atoms. The number of benzene rings is 1. The van der Waals surface area contributed by atoms with Gasteiger partial charge >= 0.3 is 0 Å². The van der Waals surface area contributed by atoms with E-state index in [1.165, 1.54) is 11.6 Å². The quantitative estimate of drug-likeness (QED) is 0.822. The normalized spacial score (nSPS) is 10.2. The molecule has 5 nitrogen and oxygen atoms in total. The lowest BCUT2D eigenvalue weighted by Gasteiger charge is -2.06. The Morgan fingerprint density at radius 1 is 1.47 bits per heavy atom. The highest BCUT2D eigenvalue weighted by Gasteiger charge is 2.09. The smallest absolute Gasteiger partial charge is 0.235 e. The molecule has 2 aromatic rings. The molecule has 0 spiro atoms. The lowest BCUT2D eigenvalue weighted by atomic mass is 10.2. The number of nitrogens with zero attached hydrogens (tertiary/aromatic N) is 2. The van der Waals surface area contributed by atoms with Crippen LogP contribution in [0.5, 0.6) is 0 Å². The Bertz CT molecular complexity index is 602. The van der Waals surface area contributed by atoms with Gasteiger partial charge in [-0.25, -0.2) is 9.77 Å². The number of aromatic nitrogens is 3. The van der Waals surface area contributed by atoms with E-state index in [0.29, 0.717) is 15.6 Å². The molecule has 0 saturated heterocycles. The SMILES string of the molecule is CC(=O)Nn1c(-c2ccc(Cl)cc2)n[nH]c1=S. The van der Waals surface area contributed by atoms with Crippen LogP contribution in [0, 0.1) is 4.77 Å². The van der Waals surface area contributed by atoms with Crippen molar-refractivity contribution in [1.29, 1.82) is 0 Å². The molecule has 1 heterocycles. The number of hydrogen-bond donors (Lipinski definition) is 2. The first-order chi connectivity index (χ1) is 8.08. The maximum Gasteiger partial charge on any atom is 0.235 e. The number of H-pyrrole nitrogens is 1. The number of carbonyl (C=O) groups excluding carboxylic acids is 1. The average molecular weight is 269 g/mol. The van der Waals surface area contributed by atoms with Gasteiger partial charge in [-0.1, -0.05) is 11.6 Å². The maximum absolute atomic E-state index is 11.1. The van der Waals surface area contributed by atoms with Crippen LogP contribution in [-0.4, -0.2) is 20.8 Å². The van der Waals surface area contributed by atoms with Crippen LogP contribution in [0.25, 0.3) is 11.4 Å². The molecule has 0 fully saturated rings. The maximum atomic E-state index is 11.1. The highest BCUT2D eigenvalue weighted by molar-refractivity contribution is 7.71. The lowest BCUT2D eigenvalue weighted by Crippen LogP contribution is -2.20. The Hall–Kier alpha value is -1.66. The fourth-order valence-corrected chi connectivity index (χ4v) is 1.65. The van der Waals surface area contributed by atoms with Crippen molar-refractivity contribution in [1.82, 2.24) is 14.9 Å². The number of carbonyl (C=O) groups is 1. The van der Waals surface area contributed by atoms with E-state index in [1.807, 2.05) is 0 Å². The summed E-state index contributed by atoms with van der Waals surface area (Å²) in [6.45, 7) is 1.40. The van der Waals surface area contributed by atoms with Crippen molar-refractivity contribution >= 4 is 29.7 Å². The van der Waals surface area contributed by atoms with Crippen LogP contribution in [-0.2, 0) is 4.79 Å².